The Bertz CT molecular complexity index is 617. The number of fused-ring (bicyclic) bond motifs is 1. The molecular formula is C14H21FN2O2S2. The molecule has 7 heteroatoms. The lowest BCUT2D eigenvalue weighted by molar-refractivity contribution is 0.382. The highest BCUT2D eigenvalue weighted by molar-refractivity contribution is 7.99. The van der Waals surface area contributed by atoms with Crippen LogP contribution < -0.4 is 10.0 Å². The van der Waals surface area contributed by atoms with E-state index in [0.717, 1.165) is 24.0 Å². The van der Waals surface area contributed by atoms with Gasteiger partial charge in [-0.1, -0.05) is 12.1 Å². The van der Waals surface area contributed by atoms with Crippen molar-refractivity contribution in [3.8, 4) is 0 Å². The lowest BCUT2D eigenvalue weighted by atomic mass is 10.0. The van der Waals surface area contributed by atoms with E-state index in [1.54, 1.807) is 6.07 Å². The molecule has 118 valence electrons. The summed E-state index contributed by atoms with van der Waals surface area (Å²) >= 11 is 1.54. The Morgan fingerprint density at radius 2 is 2.14 bits per heavy atom. The van der Waals surface area contributed by atoms with Gasteiger partial charge in [0.25, 0.3) is 0 Å². The second-order valence-electron chi connectivity index (χ2n) is 5.99. The molecular weight excluding hydrogens is 311 g/mol. The van der Waals surface area contributed by atoms with Crippen molar-refractivity contribution in [2.24, 2.45) is 0 Å². The smallest absolute Gasteiger partial charge is 0.209 e. The molecule has 0 spiro atoms. The Morgan fingerprint density at radius 1 is 1.43 bits per heavy atom. The van der Waals surface area contributed by atoms with Crippen LogP contribution in [0.5, 0.6) is 0 Å². The molecule has 21 heavy (non-hydrogen) atoms. The van der Waals surface area contributed by atoms with E-state index in [-0.39, 0.29) is 11.9 Å². The Labute approximate surface area is 129 Å². The van der Waals surface area contributed by atoms with Crippen molar-refractivity contribution in [1.29, 1.82) is 0 Å². The maximum absolute atomic E-state index is 13.8. The number of rotatable bonds is 5. The molecule has 0 bridgehead atoms. The highest BCUT2D eigenvalue weighted by atomic mass is 32.2. The third-order valence-electron chi connectivity index (χ3n) is 3.28. The molecule has 0 radical (unpaired) electrons. The average Bonchev–Trinajstić information content (AvgIpc) is 2.34. The Morgan fingerprint density at radius 3 is 2.81 bits per heavy atom. The van der Waals surface area contributed by atoms with E-state index < -0.39 is 15.6 Å². The zero-order valence-corrected chi connectivity index (χ0v) is 14.1. The van der Waals surface area contributed by atoms with Crippen molar-refractivity contribution in [2.45, 2.75) is 36.7 Å². The first kappa shape index (κ1) is 16.7. The van der Waals surface area contributed by atoms with E-state index in [0.29, 0.717) is 11.4 Å². The number of benzene rings is 1. The third kappa shape index (κ3) is 4.67. The summed E-state index contributed by atoms with van der Waals surface area (Å²) in [6.45, 7) is 4.13. The fourth-order valence-corrected chi connectivity index (χ4v) is 4.73. The van der Waals surface area contributed by atoms with E-state index in [1.807, 2.05) is 19.9 Å². The maximum atomic E-state index is 13.8. The van der Waals surface area contributed by atoms with Crippen molar-refractivity contribution in [1.82, 2.24) is 10.0 Å². The van der Waals surface area contributed by atoms with Crippen LogP contribution in [-0.4, -0.2) is 32.5 Å². The molecule has 0 amide bonds. The van der Waals surface area contributed by atoms with Crippen LogP contribution in [0.25, 0.3) is 0 Å². The zero-order chi connectivity index (χ0) is 15.7. The largest absolute Gasteiger partial charge is 0.308 e. The normalized spacial score (nSPS) is 19.3. The zero-order valence-electron chi connectivity index (χ0n) is 12.4. The number of hydrogen-bond acceptors (Lipinski definition) is 4. The summed E-state index contributed by atoms with van der Waals surface area (Å²) in [5.74, 6) is 0.670. The first-order valence-electron chi connectivity index (χ1n) is 6.81. The molecule has 1 aliphatic heterocycles. The molecule has 4 nitrogen and oxygen atoms in total. The summed E-state index contributed by atoms with van der Waals surface area (Å²) < 4.78 is 39.1. The molecule has 1 unspecified atom stereocenters. The van der Waals surface area contributed by atoms with Gasteiger partial charge in [0.05, 0.1) is 6.26 Å². The van der Waals surface area contributed by atoms with Gasteiger partial charge in [0.1, 0.15) is 5.82 Å². The number of sulfonamides is 1. The minimum Gasteiger partial charge on any atom is -0.308 e. The fourth-order valence-electron chi connectivity index (χ4n) is 2.51. The van der Waals surface area contributed by atoms with Crippen LogP contribution in [0.15, 0.2) is 23.1 Å². The molecule has 0 saturated carbocycles. The SMILES string of the molecule is CC(C)(CNC1CCSc2c(F)cccc21)NS(C)(=O)=O. The third-order valence-corrected chi connectivity index (χ3v) is 5.36. The van der Waals surface area contributed by atoms with Gasteiger partial charge in [-0.3, -0.25) is 0 Å². The predicted molar refractivity (Wildman–Crippen MR) is 84.5 cm³/mol. The molecule has 2 N–H and O–H groups in total. The first-order chi connectivity index (χ1) is 9.68. The van der Waals surface area contributed by atoms with E-state index in [2.05, 4.69) is 10.0 Å². The van der Waals surface area contributed by atoms with Crippen LogP contribution in [0, 0.1) is 5.82 Å². The van der Waals surface area contributed by atoms with Crippen molar-refractivity contribution < 1.29 is 12.8 Å². The van der Waals surface area contributed by atoms with Crippen LogP contribution in [0.3, 0.4) is 0 Å². The maximum Gasteiger partial charge on any atom is 0.209 e. The second-order valence-corrected chi connectivity index (χ2v) is 8.84. The second kappa shape index (κ2) is 6.24. The molecule has 1 atom stereocenters. The van der Waals surface area contributed by atoms with Crippen LogP contribution in [-0.2, 0) is 10.0 Å². The molecule has 0 aromatic heterocycles. The molecule has 2 rings (SSSR count). The molecule has 1 aliphatic rings. The Balaban J connectivity index is 2.07. The van der Waals surface area contributed by atoms with Crippen molar-refractivity contribution in [2.75, 3.05) is 18.6 Å². The summed E-state index contributed by atoms with van der Waals surface area (Å²) in [5, 5.41) is 3.36. The Kier molecular flexibility index (Phi) is 4.97. The van der Waals surface area contributed by atoms with Gasteiger partial charge in [0.15, 0.2) is 0 Å². The van der Waals surface area contributed by atoms with Gasteiger partial charge in [-0.05, 0) is 37.7 Å². The van der Waals surface area contributed by atoms with E-state index in [1.165, 1.54) is 17.8 Å². The minimum atomic E-state index is -3.26. The van der Waals surface area contributed by atoms with Gasteiger partial charge in [-0.15, -0.1) is 11.8 Å². The van der Waals surface area contributed by atoms with E-state index in [9.17, 15) is 12.8 Å². The lowest BCUT2D eigenvalue weighted by Crippen LogP contribution is -2.50. The average molecular weight is 332 g/mol. The number of hydrogen-bond donors (Lipinski definition) is 2. The van der Waals surface area contributed by atoms with Crippen LogP contribution in [0.1, 0.15) is 31.9 Å². The van der Waals surface area contributed by atoms with Crippen LogP contribution in [0.4, 0.5) is 4.39 Å². The quantitative estimate of drug-likeness (QED) is 0.868. The molecule has 0 fully saturated rings. The van der Waals surface area contributed by atoms with Gasteiger partial charge in [-0.2, -0.15) is 0 Å². The molecule has 1 aromatic carbocycles. The summed E-state index contributed by atoms with van der Waals surface area (Å²) in [6.07, 6.45) is 2.05. The highest BCUT2D eigenvalue weighted by Crippen LogP contribution is 2.37. The van der Waals surface area contributed by atoms with Crippen LogP contribution >= 0.6 is 11.8 Å². The van der Waals surface area contributed by atoms with Crippen molar-refractivity contribution >= 4 is 21.8 Å². The molecule has 1 heterocycles. The first-order valence-corrected chi connectivity index (χ1v) is 9.69. The predicted octanol–water partition coefficient (Wildman–Crippen LogP) is 2.28. The summed E-state index contributed by atoms with van der Waals surface area (Å²) in [4.78, 5) is 0.704. The highest BCUT2D eigenvalue weighted by Gasteiger charge is 2.27. The topological polar surface area (TPSA) is 58.2 Å². The number of thioether (sulfide) groups is 1. The fraction of sp³-hybridized carbons (Fsp3) is 0.571. The monoisotopic (exact) mass is 332 g/mol. The van der Waals surface area contributed by atoms with Gasteiger partial charge >= 0.3 is 0 Å². The lowest BCUT2D eigenvalue weighted by Gasteiger charge is -2.31. The van der Waals surface area contributed by atoms with E-state index in [4.69, 9.17) is 0 Å². The standard InChI is InChI=1S/C14H21FN2O2S2/c1-14(2,17-21(3,18)19)9-16-12-7-8-20-13-10(12)5-4-6-11(13)15/h4-6,12,16-17H,7-9H2,1-3H3. The summed E-state index contributed by atoms with van der Waals surface area (Å²) in [5.41, 5.74) is 0.368. The van der Waals surface area contributed by atoms with Gasteiger partial charge in [0, 0.05) is 23.0 Å². The number of halogens is 1. The van der Waals surface area contributed by atoms with Crippen molar-refractivity contribution in [3.63, 3.8) is 0 Å². The Hall–Kier alpha value is -0.630. The minimum absolute atomic E-state index is 0.0533. The van der Waals surface area contributed by atoms with Crippen LogP contribution in [0.2, 0.25) is 0 Å². The summed E-state index contributed by atoms with van der Waals surface area (Å²) in [7, 11) is -3.26. The summed E-state index contributed by atoms with van der Waals surface area (Å²) in [6, 6.07) is 5.18. The molecule has 0 aliphatic carbocycles. The van der Waals surface area contributed by atoms with Gasteiger partial charge in [0.2, 0.25) is 10.0 Å². The molecule has 1 aromatic rings. The molecule has 0 saturated heterocycles. The van der Waals surface area contributed by atoms with E-state index >= 15 is 0 Å². The number of nitrogens with one attached hydrogen (secondary N) is 2. The van der Waals surface area contributed by atoms with Gasteiger partial charge < -0.3 is 5.32 Å². The van der Waals surface area contributed by atoms with Gasteiger partial charge in [-0.25, -0.2) is 17.5 Å². The van der Waals surface area contributed by atoms with Crippen molar-refractivity contribution in [3.05, 3.63) is 29.6 Å².